The Bertz CT molecular complexity index is 666. The van der Waals surface area contributed by atoms with Gasteiger partial charge in [0.15, 0.2) is 0 Å². The molecule has 2 aliphatic rings. The van der Waals surface area contributed by atoms with E-state index >= 15 is 0 Å². The molecular formula is C20H25NO. The fraction of sp³-hybridized carbons (Fsp3) is 0.500. The molecule has 0 amide bonds. The molecule has 0 radical (unpaired) electrons. The van der Waals surface area contributed by atoms with Gasteiger partial charge in [-0.05, 0) is 49.1 Å². The number of benzene rings is 2. The molecule has 0 aliphatic carbocycles. The lowest BCUT2D eigenvalue weighted by atomic mass is 9.73. The number of hydrogen-bond donors (Lipinski definition) is 1. The molecule has 2 fully saturated rings. The Balaban J connectivity index is 1.58. The van der Waals surface area contributed by atoms with Gasteiger partial charge >= 0.3 is 0 Å². The zero-order chi connectivity index (χ0) is 15.2. The molecule has 2 heteroatoms. The molecule has 2 aromatic carbocycles. The summed E-state index contributed by atoms with van der Waals surface area (Å²) in [4.78, 5) is 2.51. The molecular weight excluding hydrogens is 270 g/mol. The Kier molecular flexibility index (Phi) is 3.47. The van der Waals surface area contributed by atoms with Gasteiger partial charge in [-0.25, -0.2) is 0 Å². The van der Waals surface area contributed by atoms with Crippen molar-refractivity contribution in [3.05, 3.63) is 48.0 Å². The summed E-state index contributed by atoms with van der Waals surface area (Å²) in [5, 5.41) is 13.7. The zero-order valence-corrected chi connectivity index (χ0v) is 13.3. The number of piperidine rings is 2. The largest absolute Gasteiger partial charge is 0.389 e. The van der Waals surface area contributed by atoms with Crippen molar-refractivity contribution in [3.8, 4) is 0 Å². The smallest absolute Gasteiger partial charge is 0.0717 e. The first-order chi connectivity index (χ1) is 10.6. The summed E-state index contributed by atoms with van der Waals surface area (Å²) >= 11 is 0. The van der Waals surface area contributed by atoms with Crippen molar-refractivity contribution in [3.63, 3.8) is 0 Å². The van der Waals surface area contributed by atoms with Crippen LogP contribution in [-0.4, -0.2) is 34.7 Å². The van der Waals surface area contributed by atoms with Crippen LogP contribution in [-0.2, 0) is 6.42 Å². The van der Waals surface area contributed by atoms with Crippen molar-refractivity contribution < 1.29 is 5.11 Å². The van der Waals surface area contributed by atoms with Crippen LogP contribution in [0.2, 0.25) is 0 Å². The topological polar surface area (TPSA) is 23.5 Å². The third-order valence-electron chi connectivity index (χ3n) is 5.80. The van der Waals surface area contributed by atoms with Gasteiger partial charge in [0, 0.05) is 18.5 Å². The van der Waals surface area contributed by atoms with Gasteiger partial charge in [0.1, 0.15) is 0 Å². The Hall–Kier alpha value is -1.38. The maximum atomic E-state index is 11.2. The molecule has 2 nitrogen and oxygen atoms in total. The van der Waals surface area contributed by atoms with E-state index in [2.05, 4.69) is 54.4 Å². The van der Waals surface area contributed by atoms with Gasteiger partial charge in [-0.2, -0.15) is 0 Å². The van der Waals surface area contributed by atoms with Gasteiger partial charge in [-0.1, -0.05) is 48.9 Å². The highest BCUT2D eigenvalue weighted by Crippen LogP contribution is 2.39. The summed E-state index contributed by atoms with van der Waals surface area (Å²) < 4.78 is 0. The predicted octanol–water partition coefficient (Wildman–Crippen LogP) is 3.76. The Morgan fingerprint density at radius 1 is 1.05 bits per heavy atom. The van der Waals surface area contributed by atoms with Crippen molar-refractivity contribution in [2.75, 3.05) is 7.05 Å². The van der Waals surface area contributed by atoms with Crippen LogP contribution in [0.5, 0.6) is 0 Å². The molecule has 2 aliphatic heterocycles. The third kappa shape index (κ3) is 2.55. The van der Waals surface area contributed by atoms with E-state index < -0.39 is 5.60 Å². The lowest BCUT2D eigenvalue weighted by Gasteiger charge is -2.50. The second kappa shape index (κ2) is 5.36. The van der Waals surface area contributed by atoms with Crippen LogP contribution in [0.25, 0.3) is 10.8 Å². The number of fused-ring (bicyclic) bond motifs is 3. The van der Waals surface area contributed by atoms with Crippen molar-refractivity contribution in [1.29, 1.82) is 0 Å². The minimum absolute atomic E-state index is 0.523. The summed E-state index contributed by atoms with van der Waals surface area (Å²) in [6.45, 7) is 0. The van der Waals surface area contributed by atoms with Crippen molar-refractivity contribution in [1.82, 2.24) is 4.90 Å². The number of aliphatic hydroxyl groups is 1. The fourth-order valence-electron chi connectivity index (χ4n) is 4.62. The molecule has 2 aromatic rings. The molecule has 0 spiro atoms. The van der Waals surface area contributed by atoms with Gasteiger partial charge in [-0.3, -0.25) is 0 Å². The van der Waals surface area contributed by atoms with Gasteiger partial charge in [0.25, 0.3) is 0 Å². The molecule has 1 N–H and O–H groups in total. The van der Waals surface area contributed by atoms with Crippen LogP contribution >= 0.6 is 0 Å². The first-order valence-corrected chi connectivity index (χ1v) is 8.55. The monoisotopic (exact) mass is 295 g/mol. The van der Waals surface area contributed by atoms with Gasteiger partial charge < -0.3 is 10.0 Å². The van der Waals surface area contributed by atoms with E-state index in [-0.39, 0.29) is 0 Å². The normalized spacial score (nSPS) is 32.3. The van der Waals surface area contributed by atoms with Crippen LogP contribution in [0.15, 0.2) is 42.5 Å². The highest BCUT2D eigenvalue weighted by Gasteiger charge is 2.43. The maximum Gasteiger partial charge on any atom is 0.0717 e. The minimum Gasteiger partial charge on any atom is -0.389 e. The van der Waals surface area contributed by atoms with Gasteiger partial charge in [0.2, 0.25) is 0 Å². The first kappa shape index (κ1) is 14.2. The van der Waals surface area contributed by atoms with E-state index in [1.807, 2.05) is 0 Å². The van der Waals surface area contributed by atoms with Gasteiger partial charge in [-0.15, -0.1) is 0 Å². The second-order valence-corrected chi connectivity index (χ2v) is 7.39. The fourth-order valence-corrected chi connectivity index (χ4v) is 4.62. The molecule has 2 saturated heterocycles. The van der Waals surface area contributed by atoms with Crippen molar-refractivity contribution in [2.45, 2.75) is 56.2 Å². The minimum atomic E-state index is -0.523. The summed E-state index contributed by atoms with van der Waals surface area (Å²) in [6.07, 6.45) is 6.45. The lowest BCUT2D eigenvalue weighted by Crippen LogP contribution is -2.57. The highest BCUT2D eigenvalue weighted by atomic mass is 16.3. The molecule has 2 bridgehead atoms. The summed E-state index contributed by atoms with van der Waals surface area (Å²) in [5.41, 5.74) is 0.744. The second-order valence-electron chi connectivity index (χ2n) is 7.39. The molecule has 0 aromatic heterocycles. The zero-order valence-electron chi connectivity index (χ0n) is 13.3. The Morgan fingerprint density at radius 2 is 1.73 bits per heavy atom. The van der Waals surface area contributed by atoms with E-state index in [0.29, 0.717) is 12.1 Å². The number of hydrogen-bond acceptors (Lipinski definition) is 2. The van der Waals surface area contributed by atoms with Crippen LogP contribution in [0.3, 0.4) is 0 Å². The number of rotatable bonds is 2. The Labute approximate surface area is 132 Å². The van der Waals surface area contributed by atoms with Gasteiger partial charge in [0.05, 0.1) is 5.60 Å². The molecule has 116 valence electrons. The average molecular weight is 295 g/mol. The molecule has 2 unspecified atom stereocenters. The SMILES string of the molecule is CN1C2CCCC1CC(O)(Cc1ccc3ccccc3c1)C2. The predicted molar refractivity (Wildman–Crippen MR) is 91.0 cm³/mol. The molecule has 2 heterocycles. The van der Waals surface area contributed by atoms with E-state index in [9.17, 15) is 5.11 Å². The van der Waals surface area contributed by atoms with Crippen molar-refractivity contribution in [2.24, 2.45) is 0 Å². The van der Waals surface area contributed by atoms with E-state index in [1.54, 1.807) is 0 Å². The molecule has 22 heavy (non-hydrogen) atoms. The Morgan fingerprint density at radius 3 is 2.45 bits per heavy atom. The molecule has 2 atom stereocenters. The molecule has 4 rings (SSSR count). The third-order valence-corrected chi connectivity index (χ3v) is 5.80. The summed E-state index contributed by atoms with van der Waals surface area (Å²) in [6, 6.07) is 16.2. The first-order valence-electron chi connectivity index (χ1n) is 8.55. The van der Waals surface area contributed by atoms with Crippen molar-refractivity contribution >= 4 is 10.8 Å². The quantitative estimate of drug-likeness (QED) is 0.912. The average Bonchev–Trinajstić information content (AvgIpc) is 2.49. The van der Waals surface area contributed by atoms with E-state index in [1.165, 1.54) is 35.6 Å². The lowest BCUT2D eigenvalue weighted by molar-refractivity contribution is -0.0820. The number of nitrogens with zero attached hydrogens (tertiary/aromatic N) is 1. The standard InChI is InChI=1S/C20H25NO/c1-21-18-7-4-8-19(21)14-20(22,13-18)12-15-9-10-16-5-2-3-6-17(16)11-15/h2-3,5-6,9-11,18-19,22H,4,7-8,12-14H2,1H3. The van der Waals surface area contributed by atoms with Crippen LogP contribution in [0.4, 0.5) is 0 Å². The molecule has 0 saturated carbocycles. The van der Waals surface area contributed by atoms with Crippen LogP contribution in [0.1, 0.15) is 37.7 Å². The summed E-state index contributed by atoms with van der Waals surface area (Å²) in [7, 11) is 2.24. The maximum absolute atomic E-state index is 11.2. The van der Waals surface area contributed by atoms with Crippen LogP contribution in [0, 0.1) is 0 Å². The van der Waals surface area contributed by atoms with Crippen LogP contribution < -0.4 is 0 Å². The summed E-state index contributed by atoms with van der Waals surface area (Å²) in [5.74, 6) is 0. The van der Waals surface area contributed by atoms with E-state index in [4.69, 9.17) is 0 Å². The highest BCUT2D eigenvalue weighted by molar-refractivity contribution is 5.83. The van der Waals surface area contributed by atoms with E-state index in [0.717, 1.165) is 19.3 Å².